The Hall–Kier alpha value is -2.90. The number of anilines is 3. The summed E-state index contributed by atoms with van der Waals surface area (Å²) in [5, 5.41) is 9.21. The molecule has 1 fully saturated rings. The lowest BCUT2D eigenvalue weighted by Gasteiger charge is -2.36. The largest absolute Gasteiger partial charge is 0.372 e. The molecule has 2 N–H and O–H groups in total. The highest BCUT2D eigenvalue weighted by Crippen LogP contribution is 2.27. The molecule has 0 bridgehead atoms. The van der Waals surface area contributed by atoms with E-state index < -0.39 is 0 Å². The van der Waals surface area contributed by atoms with Crippen LogP contribution in [0.5, 0.6) is 0 Å². The van der Waals surface area contributed by atoms with E-state index in [9.17, 15) is 4.79 Å². The minimum Gasteiger partial charge on any atom is -0.372 e. The maximum absolute atomic E-state index is 12.9. The van der Waals surface area contributed by atoms with Crippen LogP contribution < -0.4 is 15.5 Å². The molecule has 2 aromatic carbocycles. The topological polar surface area (TPSA) is 66.5 Å². The number of ether oxygens (including phenoxy) is 1. The van der Waals surface area contributed by atoms with E-state index in [1.807, 2.05) is 41.8 Å². The zero-order valence-electron chi connectivity index (χ0n) is 19.0. The van der Waals surface area contributed by atoms with Crippen molar-refractivity contribution in [1.29, 1.82) is 0 Å². The first kappa shape index (κ1) is 22.3. The number of benzene rings is 2. The summed E-state index contributed by atoms with van der Waals surface area (Å²) in [6.45, 7) is 10.1. The van der Waals surface area contributed by atoms with Crippen molar-refractivity contribution in [3.8, 4) is 11.3 Å². The summed E-state index contributed by atoms with van der Waals surface area (Å²) in [4.78, 5) is 19.8. The van der Waals surface area contributed by atoms with Crippen LogP contribution in [0.4, 0.5) is 16.5 Å². The number of nitrogens with one attached hydrogen (secondary N) is 2. The number of morpholine rings is 1. The van der Waals surface area contributed by atoms with E-state index in [0.29, 0.717) is 11.6 Å². The number of carbonyl (C=O) groups excluding carboxylic acids is 1. The minimum absolute atomic E-state index is 0.135. The standard InChI is InChI=1S/C25H30N4O2S/c1-16(2)26-25-28-23(15-32-25)19-6-5-7-20(12-19)24(30)27-21-8-10-22(11-9-21)29-13-17(3)31-18(4)14-29/h5-12,15-18H,13-14H2,1-4H3,(H,26,28)(H,27,30)/t17-,18+. The minimum atomic E-state index is -0.135. The van der Waals surface area contributed by atoms with Gasteiger partial charge in [0, 0.05) is 47.0 Å². The summed E-state index contributed by atoms with van der Waals surface area (Å²) >= 11 is 1.57. The number of rotatable bonds is 6. The molecule has 1 saturated heterocycles. The van der Waals surface area contributed by atoms with Crippen molar-refractivity contribution in [2.45, 2.75) is 45.9 Å². The average molecular weight is 451 g/mol. The van der Waals surface area contributed by atoms with E-state index in [1.54, 1.807) is 11.3 Å². The predicted molar refractivity (Wildman–Crippen MR) is 133 cm³/mol. The molecule has 168 valence electrons. The fourth-order valence-corrected chi connectivity index (χ4v) is 4.75. The summed E-state index contributed by atoms with van der Waals surface area (Å²) in [7, 11) is 0. The van der Waals surface area contributed by atoms with E-state index >= 15 is 0 Å². The highest BCUT2D eigenvalue weighted by atomic mass is 32.1. The average Bonchev–Trinajstić information content (AvgIpc) is 3.21. The van der Waals surface area contributed by atoms with E-state index in [1.165, 1.54) is 0 Å². The molecule has 1 aliphatic rings. The normalized spacial score (nSPS) is 18.6. The van der Waals surface area contributed by atoms with Crippen LogP contribution in [-0.4, -0.2) is 42.2 Å². The lowest BCUT2D eigenvalue weighted by molar-refractivity contribution is -0.00521. The Kier molecular flexibility index (Phi) is 6.77. The van der Waals surface area contributed by atoms with E-state index in [2.05, 4.69) is 60.3 Å². The molecule has 6 nitrogen and oxygen atoms in total. The molecule has 1 aromatic heterocycles. The second kappa shape index (κ2) is 9.71. The van der Waals surface area contributed by atoms with Gasteiger partial charge in [0.25, 0.3) is 5.91 Å². The van der Waals surface area contributed by atoms with Crippen LogP contribution in [0.3, 0.4) is 0 Å². The van der Waals surface area contributed by atoms with Gasteiger partial charge in [-0.3, -0.25) is 4.79 Å². The van der Waals surface area contributed by atoms with Crippen LogP contribution in [0.15, 0.2) is 53.9 Å². The first-order valence-electron chi connectivity index (χ1n) is 11.0. The maximum Gasteiger partial charge on any atom is 0.255 e. The summed E-state index contributed by atoms with van der Waals surface area (Å²) in [5.74, 6) is -0.135. The van der Waals surface area contributed by atoms with E-state index in [0.717, 1.165) is 40.9 Å². The molecular weight excluding hydrogens is 420 g/mol. The molecule has 1 aliphatic heterocycles. The van der Waals surface area contributed by atoms with Crippen molar-refractivity contribution in [3.63, 3.8) is 0 Å². The Labute approximate surface area is 193 Å². The Morgan fingerprint density at radius 1 is 1.12 bits per heavy atom. The first-order chi connectivity index (χ1) is 15.4. The summed E-state index contributed by atoms with van der Waals surface area (Å²) in [6.07, 6.45) is 0.417. The number of nitrogens with zero attached hydrogens (tertiary/aromatic N) is 2. The molecule has 0 saturated carbocycles. The van der Waals surface area contributed by atoms with Gasteiger partial charge in [-0.1, -0.05) is 12.1 Å². The molecule has 4 rings (SSSR count). The van der Waals surface area contributed by atoms with Crippen LogP contribution in [0.1, 0.15) is 38.1 Å². The Morgan fingerprint density at radius 3 is 2.53 bits per heavy atom. The predicted octanol–water partition coefficient (Wildman–Crippen LogP) is 5.50. The van der Waals surface area contributed by atoms with Gasteiger partial charge in [-0.05, 0) is 64.1 Å². The molecule has 2 atom stereocenters. The van der Waals surface area contributed by atoms with Crippen LogP contribution in [0, 0.1) is 0 Å². The Morgan fingerprint density at radius 2 is 1.84 bits per heavy atom. The Balaban J connectivity index is 1.43. The van der Waals surface area contributed by atoms with E-state index in [4.69, 9.17) is 4.74 Å². The highest BCUT2D eigenvalue weighted by Gasteiger charge is 2.22. The van der Waals surface area contributed by atoms with Crippen molar-refractivity contribution in [3.05, 3.63) is 59.5 Å². The second-order valence-electron chi connectivity index (χ2n) is 8.58. The number of amides is 1. The lowest BCUT2D eigenvalue weighted by atomic mass is 10.1. The van der Waals surface area contributed by atoms with Crippen molar-refractivity contribution in [2.24, 2.45) is 0 Å². The molecule has 0 unspecified atom stereocenters. The van der Waals surface area contributed by atoms with Gasteiger partial charge in [0.1, 0.15) is 0 Å². The second-order valence-corrected chi connectivity index (χ2v) is 9.44. The molecular formula is C25H30N4O2S. The summed E-state index contributed by atoms with van der Waals surface area (Å²) in [6, 6.07) is 15.9. The fraction of sp³-hybridized carbons (Fsp3) is 0.360. The number of aromatic nitrogens is 1. The van der Waals surface area contributed by atoms with Gasteiger partial charge in [-0.25, -0.2) is 4.98 Å². The molecule has 7 heteroatoms. The fourth-order valence-electron chi connectivity index (χ4n) is 3.89. The number of carbonyl (C=O) groups is 1. The summed E-state index contributed by atoms with van der Waals surface area (Å²) in [5.41, 5.74) is 4.31. The van der Waals surface area contributed by atoms with Crippen molar-refractivity contribution in [1.82, 2.24) is 4.98 Å². The van der Waals surface area contributed by atoms with Crippen molar-refractivity contribution < 1.29 is 9.53 Å². The molecule has 1 amide bonds. The smallest absolute Gasteiger partial charge is 0.255 e. The quantitative estimate of drug-likeness (QED) is 0.519. The van der Waals surface area contributed by atoms with Crippen molar-refractivity contribution >= 4 is 33.8 Å². The van der Waals surface area contributed by atoms with Gasteiger partial charge >= 0.3 is 0 Å². The highest BCUT2D eigenvalue weighted by molar-refractivity contribution is 7.14. The molecule has 0 spiro atoms. The first-order valence-corrected chi connectivity index (χ1v) is 11.9. The SMILES string of the molecule is CC(C)Nc1nc(-c2cccc(C(=O)Nc3ccc(N4C[C@@H](C)O[C@@H](C)C4)cc3)c2)cs1. The molecule has 0 aliphatic carbocycles. The van der Waals surface area contributed by atoms with E-state index in [-0.39, 0.29) is 18.1 Å². The van der Waals surface area contributed by atoms with Crippen LogP contribution in [-0.2, 0) is 4.74 Å². The number of hydrogen-bond acceptors (Lipinski definition) is 6. The molecule has 32 heavy (non-hydrogen) atoms. The van der Waals surface area contributed by atoms with Gasteiger partial charge in [0.05, 0.1) is 17.9 Å². The third-order valence-electron chi connectivity index (χ3n) is 5.25. The van der Waals surface area contributed by atoms with Gasteiger partial charge in [0.15, 0.2) is 5.13 Å². The van der Waals surface area contributed by atoms with Crippen molar-refractivity contribution in [2.75, 3.05) is 28.6 Å². The maximum atomic E-state index is 12.9. The van der Waals surface area contributed by atoms with Crippen LogP contribution in [0.25, 0.3) is 11.3 Å². The van der Waals surface area contributed by atoms with Crippen LogP contribution in [0.2, 0.25) is 0 Å². The van der Waals surface area contributed by atoms with Gasteiger partial charge in [-0.2, -0.15) is 0 Å². The summed E-state index contributed by atoms with van der Waals surface area (Å²) < 4.78 is 5.82. The van der Waals surface area contributed by atoms with Gasteiger partial charge < -0.3 is 20.3 Å². The third-order valence-corrected chi connectivity index (χ3v) is 6.02. The number of hydrogen-bond donors (Lipinski definition) is 2. The lowest BCUT2D eigenvalue weighted by Crippen LogP contribution is -2.45. The number of thiazole rings is 1. The monoisotopic (exact) mass is 450 g/mol. The third kappa shape index (κ3) is 5.47. The van der Waals surface area contributed by atoms with Gasteiger partial charge in [-0.15, -0.1) is 11.3 Å². The molecule has 3 aromatic rings. The Bertz CT molecular complexity index is 1050. The molecule has 2 heterocycles. The molecule has 0 radical (unpaired) electrons. The zero-order valence-corrected chi connectivity index (χ0v) is 19.8. The van der Waals surface area contributed by atoms with Gasteiger partial charge in [0.2, 0.25) is 0 Å². The van der Waals surface area contributed by atoms with Crippen LogP contribution >= 0.6 is 11.3 Å². The zero-order chi connectivity index (χ0) is 22.7.